The van der Waals surface area contributed by atoms with E-state index in [1.54, 1.807) is 0 Å². The van der Waals surface area contributed by atoms with Crippen molar-refractivity contribution in [2.45, 2.75) is 71.8 Å². The summed E-state index contributed by atoms with van der Waals surface area (Å²) in [5, 5.41) is 1.13. The summed E-state index contributed by atoms with van der Waals surface area (Å²) >= 11 is 0. The number of unbranched alkanes of at least 4 members (excludes halogenated alkanes) is 2. The van der Waals surface area contributed by atoms with Gasteiger partial charge in [-0.3, -0.25) is 4.79 Å². The number of aromatic nitrogens is 1. The van der Waals surface area contributed by atoms with Crippen molar-refractivity contribution >= 4 is 29.1 Å². The highest BCUT2D eigenvalue weighted by Gasteiger charge is 2.41. The molecular formula is C28H34ClNO2. The van der Waals surface area contributed by atoms with Crippen molar-refractivity contribution < 1.29 is 9.53 Å². The number of halogens is 1. The molecule has 0 spiro atoms. The number of nitrogens with zero attached hydrogens (tertiary/aromatic N) is 1. The minimum absolute atomic E-state index is 0. The van der Waals surface area contributed by atoms with Crippen molar-refractivity contribution in [3.8, 4) is 5.75 Å². The lowest BCUT2D eigenvalue weighted by atomic mass is 9.65. The molecule has 0 unspecified atom stereocenters. The quantitative estimate of drug-likeness (QED) is 0.334. The Bertz CT molecular complexity index is 1050. The van der Waals surface area contributed by atoms with E-state index >= 15 is 0 Å². The van der Waals surface area contributed by atoms with Crippen LogP contribution in [0.15, 0.2) is 54.6 Å². The fraction of sp³-hybridized carbons (Fsp3) is 0.429. The fourth-order valence-corrected chi connectivity index (χ4v) is 4.83. The average Bonchev–Trinajstić information content (AvgIpc) is 2.82. The molecule has 170 valence electrons. The zero-order chi connectivity index (χ0) is 21.7. The van der Waals surface area contributed by atoms with Crippen LogP contribution in [-0.4, -0.2) is 10.8 Å². The molecule has 1 aliphatic carbocycles. The Morgan fingerprint density at radius 2 is 1.72 bits per heavy atom. The van der Waals surface area contributed by atoms with Gasteiger partial charge in [-0.15, -0.1) is 12.4 Å². The summed E-state index contributed by atoms with van der Waals surface area (Å²) in [6, 6.07) is 18.2. The molecule has 32 heavy (non-hydrogen) atoms. The minimum atomic E-state index is -0.183. The zero-order valence-electron chi connectivity index (χ0n) is 19.2. The van der Waals surface area contributed by atoms with Crippen LogP contribution in [0.4, 0.5) is 0 Å². The van der Waals surface area contributed by atoms with E-state index < -0.39 is 0 Å². The third-order valence-corrected chi connectivity index (χ3v) is 6.74. The van der Waals surface area contributed by atoms with Gasteiger partial charge in [0.15, 0.2) is 5.78 Å². The number of hydrogen-bond donors (Lipinski definition) is 0. The highest BCUT2D eigenvalue weighted by atomic mass is 35.5. The molecule has 2 aromatic carbocycles. The Morgan fingerprint density at radius 3 is 2.47 bits per heavy atom. The molecule has 0 saturated heterocycles. The largest absolute Gasteiger partial charge is 0.487 e. The first-order chi connectivity index (χ1) is 15.1. The normalized spacial score (nSPS) is 14.6. The Balaban J connectivity index is 0.00000289. The van der Waals surface area contributed by atoms with E-state index in [0.717, 1.165) is 79.3 Å². The molecule has 0 N–H and O–H groups in total. The second kappa shape index (κ2) is 11.0. The number of para-hydroxylation sites is 1. The Kier molecular flexibility index (Phi) is 8.31. The molecule has 0 radical (unpaired) electrons. The van der Waals surface area contributed by atoms with Gasteiger partial charge in [-0.1, -0.05) is 69.9 Å². The van der Waals surface area contributed by atoms with Crippen LogP contribution < -0.4 is 4.74 Å². The lowest BCUT2D eigenvalue weighted by Gasteiger charge is -2.37. The SMILES string of the molecule is CCCCC1(CCCC)CCc2ccc(OCc3ccc4ccccc4n3)cc2C1=O.Cl. The van der Waals surface area contributed by atoms with Gasteiger partial charge in [0.05, 0.1) is 11.2 Å². The van der Waals surface area contributed by atoms with Gasteiger partial charge in [0, 0.05) is 16.4 Å². The van der Waals surface area contributed by atoms with Gasteiger partial charge < -0.3 is 4.74 Å². The van der Waals surface area contributed by atoms with Crippen molar-refractivity contribution in [3.63, 3.8) is 0 Å². The van der Waals surface area contributed by atoms with Gasteiger partial charge in [0.1, 0.15) is 12.4 Å². The molecule has 1 heterocycles. The summed E-state index contributed by atoms with van der Waals surface area (Å²) in [7, 11) is 0. The molecule has 0 aliphatic heterocycles. The minimum Gasteiger partial charge on any atom is -0.487 e. The lowest BCUT2D eigenvalue weighted by Crippen LogP contribution is -2.36. The molecule has 0 bridgehead atoms. The van der Waals surface area contributed by atoms with E-state index in [-0.39, 0.29) is 17.8 Å². The standard InChI is InChI=1S/C28H33NO2.ClH/c1-3-5-16-28(17-6-4-2)18-15-21-12-14-24(19-25(21)27(28)30)31-20-23-13-11-22-9-7-8-10-26(22)29-23;/h7-14,19H,3-6,15-18,20H2,1-2H3;1H. The maximum atomic E-state index is 13.7. The molecular weight excluding hydrogens is 418 g/mol. The summed E-state index contributed by atoms with van der Waals surface area (Å²) in [6.07, 6.45) is 8.50. The number of rotatable bonds is 9. The number of fused-ring (bicyclic) bond motifs is 2. The van der Waals surface area contributed by atoms with Gasteiger partial charge in [0.2, 0.25) is 0 Å². The predicted octanol–water partition coefficient (Wildman–Crippen LogP) is 7.73. The van der Waals surface area contributed by atoms with Gasteiger partial charge in [-0.2, -0.15) is 0 Å². The van der Waals surface area contributed by atoms with Gasteiger partial charge in [0.25, 0.3) is 0 Å². The number of Topliss-reactive ketones (excluding diaryl/α,β-unsaturated/α-hetero) is 1. The molecule has 3 nitrogen and oxygen atoms in total. The number of carbonyl (C=O) groups is 1. The van der Waals surface area contributed by atoms with Crippen LogP contribution in [0.1, 0.15) is 80.4 Å². The summed E-state index contributed by atoms with van der Waals surface area (Å²) in [6.45, 7) is 4.82. The number of pyridine rings is 1. The van der Waals surface area contributed by atoms with Crippen LogP contribution >= 0.6 is 12.4 Å². The highest BCUT2D eigenvalue weighted by Crippen LogP contribution is 2.44. The van der Waals surface area contributed by atoms with Crippen LogP contribution in [-0.2, 0) is 13.0 Å². The maximum absolute atomic E-state index is 13.7. The van der Waals surface area contributed by atoms with Crippen molar-refractivity contribution in [2.24, 2.45) is 5.41 Å². The first-order valence-corrected chi connectivity index (χ1v) is 11.8. The number of ether oxygens (including phenoxy) is 1. The van der Waals surface area contributed by atoms with Crippen molar-refractivity contribution in [3.05, 3.63) is 71.4 Å². The molecule has 0 amide bonds. The molecule has 0 saturated carbocycles. The summed E-state index contributed by atoms with van der Waals surface area (Å²) in [5.74, 6) is 1.09. The Morgan fingerprint density at radius 1 is 0.969 bits per heavy atom. The predicted molar refractivity (Wildman–Crippen MR) is 134 cm³/mol. The van der Waals surface area contributed by atoms with Crippen LogP contribution in [0.3, 0.4) is 0 Å². The Labute approximate surface area is 198 Å². The van der Waals surface area contributed by atoms with Gasteiger partial charge in [-0.25, -0.2) is 4.98 Å². The zero-order valence-corrected chi connectivity index (χ0v) is 20.0. The molecule has 4 heteroatoms. The van der Waals surface area contributed by atoms with Crippen molar-refractivity contribution in [1.29, 1.82) is 0 Å². The molecule has 3 aromatic rings. The number of carbonyl (C=O) groups excluding carboxylic acids is 1. The van der Waals surface area contributed by atoms with Gasteiger partial charge in [-0.05, 0) is 55.5 Å². The van der Waals surface area contributed by atoms with Gasteiger partial charge >= 0.3 is 0 Å². The topological polar surface area (TPSA) is 39.2 Å². The first kappa shape index (κ1) is 24.3. The van der Waals surface area contributed by atoms with E-state index in [2.05, 4.69) is 32.0 Å². The molecule has 4 rings (SSSR count). The third kappa shape index (κ3) is 5.15. The fourth-order valence-electron chi connectivity index (χ4n) is 4.83. The van der Waals surface area contributed by atoms with E-state index in [1.807, 2.05) is 36.4 Å². The van der Waals surface area contributed by atoms with Crippen molar-refractivity contribution in [2.75, 3.05) is 0 Å². The number of benzene rings is 2. The van der Waals surface area contributed by atoms with E-state index in [9.17, 15) is 4.79 Å². The molecule has 0 atom stereocenters. The lowest BCUT2D eigenvalue weighted by molar-refractivity contribution is 0.0707. The first-order valence-electron chi connectivity index (χ1n) is 11.8. The molecule has 0 fully saturated rings. The highest BCUT2D eigenvalue weighted by molar-refractivity contribution is 6.03. The van der Waals surface area contributed by atoms with Crippen LogP contribution in [0, 0.1) is 5.41 Å². The smallest absolute Gasteiger partial charge is 0.169 e. The monoisotopic (exact) mass is 451 g/mol. The maximum Gasteiger partial charge on any atom is 0.169 e. The van der Waals surface area contributed by atoms with Crippen LogP contribution in [0.5, 0.6) is 5.75 Å². The summed E-state index contributed by atoms with van der Waals surface area (Å²) in [4.78, 5) is 18.3. The number of aryl methyl sites for hydroxylation is 1. The number of ketones is 1. The second-order valence-corrected chi connectivity index (χ2v) is 8.92. The van der Waals surface area contributed by atoms with Crippen LogP contribution in [0.2, 0.25) is 0 Å². The average molecular weight is 452 g/mol. The second-order valence-electron chi connectivity index (χ2n) is 8.92. The summed E-state index contributed by atoms with van der Waals surface area (Å²) in [5.41, 5.74) is 3.73. The molecule has 1 aromatic heterocycles. The van der Waals surface area contributed by atoms with Crippen molar-refractivity contribution in [1.82, 2.24) is 4.98 Å². The molecule has 1 aliphatic rings. The van der Waals surface area contributed by atoms with E-state index in [1.165, 1.54) is 5.56 Å². The van der Waals surface area contributed by atoms with Crippen LogP contribution in [0.25, 0.3) is 10.9 Å². The van der Waals surface area contributed by atoms with E-state index in [4.69, 9.17) is 9.72 Å². The third-order valence-electron chi connectivity index (χ3n) is 6.74. The van der Waals surface area contributed by atoms with E-state index in [0.29, 0.717) is 12.4 Å². The number of hydrogen-bond acceptors (Lipinski definition) is 3. The Hall–Kier alpha value is -2.39. The summed E-state index contributed by atoms with van der Waals surface area (Å²) < 4.78 is 6.07.